The van der Waals surface area contributed by atoms with Crippen LogP contribution in [0.25, 0.3) is 0 Å². The number of anilines is 1. The van der Waals surface area contributed by atoms with Gasteiger partial charge >= 0.3 is 5.69 Å². The third kappa shape index (κ3) is 4.22. The molecular weight excluding hydrogens is 374 g/mol. The van der Waals surface area contributed by atoms with E-state index < -0.39 is 14.8 Å². The predicted molar refractivity (Wildman–Crippen MR) is 103 cm³/mol. The van der Waals surface area contributed by atoms with Crippen LogP contribution in [0.4, 0.5) is 10.7 Å². The lowest BCUT2D eigenvalue weighted by Gasteiger charge is -2.35. The standard InChI is InChI=1S/C17H21N3O4S2/c1-13-4-3-5-14(10-13)12-18-6-8-19(9-7-18)17-15(20(21)22)11-16(25-17)26(2,23)24/h3-5,10-11H,6-9,12H2,1-2H3. The first-order valence-corrected chi connectivity index (χ1v) is 11.0. The van der Waals surface area contributed by atoms with E-state index in [0.717, 1.165) is 37.2 Å². The number of benzene rings is 1. The van der Waals surface area contributed by atoms with Crippen molar-refractivity contribution in [1.29, 1.82) is 0 Å². The van der Waals surface area contributed by atoms with E-state index in [1.807, 2.05) is 11.0 Å². The summed E-state index contributed by atoms with van der Waals surface area (Å²) in [4.78, 5) is 15.1. The van der Waals surface area contributed by atoms with Crippen molar-refractivity contribution < 1.29 is 13.3 Å². The van der Waals surface area contributed by atoms with Crippen LogP contribution in [0.1, 0.15) is 11.1 Å². The van der Waals surface area contributed by atoms with Gasteiger partial charge < -0.3 is 4.90 Å². The zero-order valence-electron chi connectivity index (χ0n) is 14.7. The highest BCUT2D eigenvalue weighted by atomic mass is 32.2. The molecule has 0 aliphatic carbocycles. The molecule has 1 aliphatic rings. The Morgan fingerprint density at radius 1 is 1.19 bits per heavy atom. The second kappa shape index (κ2) is 7.34. The molecule has 0 atom stereocenters. The molecule has 1 aliphatic heterocycles. The maximum absolute atomic E-state index is 11.7. The number of hydrogen-bond acceptors (Lipinski definition) is 7. The summed E-state index contributed by atoms with van der Waals surface area (Å²) in [5.41, 5.74) is 2.35. The molecule has 0 unspecified atom stereocenters. The summed E-state index contributed by atoms with van der Waals surface area (Å²) >= 11 is 0.986. The number of aryl methyl sites for hydroxylation is 1. The van der Waals surface area contributed by atoms with Crippen LogP contribution in [0.2, 0.25) is 0 Å². The molecule has 2 heterocycles. The molecule has 0 saturated carbocycles. The van der Waals surface area contributed by atoms with E-state index in [4.69, 9.17) is 0 Å². The number of rotatable bonds is 5. The molecule has 1 saturated heterocycles. The Morgan fingerprint density at radius 3 is 2.46 bits per heavy atom. The third-order valence-corrected chi connectivity index (χ3v) is 7.37. The van der Waals surface area contributed by atoms with Gasteiger partial charge in [0.2, 0.25) is 0 Å². The molecular formula is C17H21N3O4S2. The minimum Gasteiger partial charge on any atom is -0.355 e. The zero-order valence-corrected chi connectivity index (χ0v) is 16.3. The normalized spacial score (nSPS) is 16.0. The first-order chi connectivity index (χ1) is 12.2. The number of thiophene rings is 1. The Labute approximate surface area is 156 Å². The van der Waals surface area contributed by atoms with E-state index in [1.165, 1.54) is 17.2 Å². The van der Waals surface area contributed by atoms with Gasteiger partial charge in [-0.1, -0.05) is 41.2 Å². The van der Waals surface area contributed by atoms with Crippen molar-refractivity contribution in [2.24, 2.45) is 0 Å². The predicted octanol–water partition coefficient (Wildman–Crippen LogP) is 2.69. The van der Waals surface area contributed by atoms with Crippen LogP contribution in [0, 0.1) is 17.0 Å². The molecule has 3 rings (SSSR count). The number of sulfone groups is 1. The van der Waals surface area contributed by atoms with Gasteiger partial charge in [-0.2, -0.15) is 0 Å². The highest BCUT2D eigenvalue weighted by Crippen LogP contribution is 2.40. The maximum Gasteiger partial charge on any atom is 0.305 e. The highest BCUT2D eigenvalue weighted by Gasteiger charge is 2.29. The van der Waals surface area contributed by atoms with Gasteiger partial charge in [0, 0.05) is 45.0 Å². The molecule has 26 heavy (non-hydrogen) atoms. The molecule has 0 N–H and O–H groups in total. The lowest BCUT2D eigenvalue weighted by molar-refractivity contribution is -0.383. The molecule has 9 heteroatoms. The summed E-state index contributed by atoms with van der Waals surface area (Å²) in [5, 5.41) is 11.8. The number of nitrogens with zero attached hydrogens (tertiary/aromatic N) is 3. The van der Waals surface area contributed by atoms with Crippen LogP contribution in [-0.2, 0) is 16.4 Å². The number of piperazine rings is 1. The summed E-state index contributed by atoms with van der Waals surface area (Å²) in [5.74, 6) is 0. The van der Waals surface area contributed by atoms with Gasteiger partial charge in [-0.3, -0.25) is 15.0 Å². The van der Waals surface area contributed by atoms with Crippen LogP contribution >= 0.6 is 11.3 Å². The average Bonchev–Trinajstić information content (AvgIpc) is 3.01. The SMILES string of the molecule is Cc1cccc(CN2CCN(c3sc(S(C)(=O)=O)cc3[N+](=O)[O-])CC2)c1. The van der Waals surface area contributed by atoms with Crippen LogP contribution in [0.5, 0.6) is 0 Å². The van der Waals surface area contributed by atoms with E-state index in [-0.39, 0.29) is 9.90 Å². The molecule has 140 valence electrons. The fraction of sp³-hybridized carbons (Fsp3) is 0.412. The zero-order chi connectivity index (χ0) is 18.9. The minimum absolute atomic E-state index is 0.0430. The van der Waals surface area contributed by atoms with Crippen LogP contribution in [0.15, 0.2) is 34.5 Å². The Morgan fingerprint density at radius 2 is 1.88 bits per heavy atom. The van der Waals surface area contributed by atoms with E-state index in [1.54, 1.807) is 0 Å². The number of nitro groups is 1. The maximum atomic E-state index is 11.7. The van der Waals surface area contributed by atoms with Crippen LogP contribution in [-0.4, -0.2) is 50.7 Å². The fourth-order valence-electron chi connectivity index (χ4n) is 3.07. The van der Waals surface area contributed by atoms with Crippen molar-refractivity contribution in [3.8, 4) is 0 Å². The van der Waals surface area contributed by atoms with Crippen molar-refractivity contribution >= 4 is 31.9 Å². The topological polar surface area (TPSA) is 83.8 Å². The molecule has 0 spiro atoms. The number of hydrogen-bond donors (Lipinski definition) is 0. The Bertz CT molecular complexity index is 916. The minimum atomic E-state index is -3.46. The summed E-state index contributed by atoms with van der Waals surface area (Å²) in [7, 11) is -3.46. The molecule has 1 aromatic heterocycles. The Hall–Kier alpha value is -1.97. The summed E-state index contributed by atoms with van der Waals surface area (Å²) < 4.78 is 23.5. The molecule has 7 nitrogen and oxygen atoms in total. The van der Waals surface area contributed by atoms with Gasteiger partial charge in [0.15, 0.2) is 14.8 Å². The van der Waals surface area contributed by atoms with Gasteiger partial charge in [0.25, 0.3) is 0 Å². The molecule has 0 amide bonds. The van der Waals surface area contributed by atoms with Gasteiger partial charge in [-0.15, -0.1) is 0 Å². The molecule has 1 aromatic carbocycles. The largest absolute Gasteiger partial charge is 0.355 e. The van der Waals surface area contributed by atoms with Crippen molar-refractivity contribution in [3.63, 3.8) is 0 Å². The Balaban J connectivity index is 1.72. The summed E-state index contributed by atoms with van der Waals surface area (Å²) in [6.45, 7) is 5.73. The van der Waals surface area contributed by atoms with Crippen molar-refractivity contribution in [2.75, 3.05) is 37.3 Å². The van der Waals surface area contributed by atoms with E-state index in [2.05, 4.69) is 30.0 Å². The quantitative estimate of drug-likeness (QED) is 0.572. The smallest absolute Gasteiger partial charge is 0.305 e. The lowest BCUT2D eigenvalue weighted by atomic mass is 10.1. The van der Waals surface area contributed by atoms with E-state index in [0.29, 0.717) is 18.1 Å². The van der Waals surface area contributed by atoms with E-state index >= 15 is 0 Å². The molecule has 2 aromatic rings. The first-order valence-electron chi connectivity index (χ1n) is 8.25. The summed E-state index contributed by atoms with van der Waals surface area (Å²) in [6.07, 6.45) is 1.08. The van der Waals surface area contributed by atoms with Gasteiger partial charge in [0.05, 0.1) is 4.92 Å². The van der Waals surface area contributed by atoms with Crippen molar-refractivity contribution in [2.45, 2.75) is 17.7 Å². The molecule has 0 radical (unpaired) electrons. The van der Waals surface area contributed by atoms with E-state index in [9.17, 15) is 18.5 Å². The third-order valence-electron chi connectivity index (χ3n) is 4.38. The molecule has 1 fully saturated rings. The van der Waals surface area contributed by atoms with Crippen molar-refractivity contribution in [1.82, 2.24) is 4.90 Å². The second-order valence-corrected chi connectivity index (χ2v) is 9.81. The second-order valence-electron chi connectivity index (χ2n) is 6.54. The Kier molecular flexibility index (Phi) is 5.31. The van der Waals surface area contributed by atoms with Gasteiger partial charge in [0.1, 0.15) is 4.21 Å². The first kappa shape index (κ1) is 18.8. The monoisotopic (exact) mass is 395 g/mol. The van der Waals surface area contributed by atoms with Crippen molar-refractivity contribution in [3.05, 3.63) is 51.6 Å². The average molecular weight is 396 g/mol. The van der Waals surface area contributed by atoms with Crippen LogP contribution in [0.3, 0.4) is 0 Å². The van der Waals surface area contributed by atoms with Crippen LogP contribution < -0.4 is 4.90 Å². The molecule has 0 bridgehead atoms. The van der Waals surface area contributed by atoms with Gasteiger partial charge in [-0.05, 0) is 12.5 Å². The highest BCUT2D eigenvalue weighted by molar-refractivity contribution is 7.92. The van der Waals surface area contributed by atoms with Gasteiger partial charge in [-0.25, -0.2) is 8.42 Å². The summed E-state index contributed by atoms with van der Waals surface area (Å²) in [6, 6.07) is 9.55. The fourth-order valence-corrected chi connectivity index (χ4v) is 5.15. The lowest BCUT2D eigenvalue weighted by Crippen LogP contribution is -2.45.